The molecular weight excluding hydrogens is 368 g/mol. The van der Waals surface area contributed by atoms with E-state index < -0.39 is 11.8 Å². The topological polar surface area (TPSA) is 83.8 Å². The van der Waals surface area contributed by atoms with Gasteiger partial charge in [0.25, 0.3) is 0 Å². The number of carbonyl (C=O) groups excluding carboxylic acids is 1. The minimum atomic E-state index is -1.34. The van der Waals surface area contributed by atoms with Crippen LogP contribution in [0.1, 0.15) is 58.8 Å². The van der Waals surface area contributed by atoms with Crippen LogP contribution in [0.4, 0.5) is 4.79 Å². The zero-order valence-corrected chi connectivity index (χ0v) is 17.3. The highest BCUT2D eigenvalue weighted by atomic mass is 16.7. The van der Waals surface area contributed by atoms with E-state index in [0.717, 1.165) is 38.5 Å². The molecule has 0 amide bonds. The molecule has 5 aliphatic carbocycles. The number of fused-ring (bicyclic) bond motifs is 7. The maximum Gasteiger partial charge on any atom is 0.510 e. The minimum Gasteiger partial charge on any atom is -0.449 e. The van der Waals surface area contributed by atoms with Gasteiger partial charge in [0.15, 0.2) is 5.78 Å². The monoisotopic (exact) mass is 400 g/mol. The second kappa shape index (κ2) is 6.44. The van der Waals surface area contributed by atoms with Crippen molar-refractivity contribution in [2.24, 2.45) is 46.8 Å². The maximum atomic E-state index is 12.0. The molecule has 0 aromatic rings. The van der Waals surface area contributed by atoms with Crippen molar-refractivity contribution in [3.63, 3.8) is 0 Å². The van der Waals surface area contributed by atoms with E-state index in [1.807, 2.05) is 6.08 Å². The van der Waals surface area contributed by atoms with Crippen molar-refractivity contribution in [2.45, 2.75) is 64.4 Å². The van der Waals surface area contributed by atoms with Crippen molar-refractivity contribution >= 4 is 11.9 Å². The van der Waals surface area contributed by atoms with Crippen molar-refractivity contribution in [1.29, 1.82) is 0 Å². The largest absolute Gasteiger partial charge is 0.510 e. The first-order chi connectivity index (χ1) is 13.8. The molecule has 0 heterocycles. The zero-order valence-electron chi connectivity index (χ0n) is 17.3. The Labute approximate surface area is 172 Å². The Morgan fingerprint density at radius 3 is 2.86 bits per heavy atom. The lowest BCUT2D eigenvalue weighted by Gasteiger charge is -2.59. The first-order valence-corrected chi connectivity index (χ1v) is 11.3. The standard InChI is InChI=1S/C24H32O5/c1-3-13-10-14-11-15(25)4-5-16(14)17-6-7-23(2)21(20(13)17)18-12-19(18)24(23,28)8-9-29-22(26)27/h8-9,11,13,16-21,28H,3-7,10,12H2,1-2H3,(H,26,27)/b9-8-/t13-,16-,17+,18-,19+,20+,21-,23-,24-/m0/s1. The maximum absolute atomic E-state index is 12.0. The van der Waals surface area contributed by atoms with Crippen LogP contribution < -0.4 is 0 Å². The summed E-state index contributed by atoms with van der Waals surface area (Å²) in [6, 6.07) is 0. The van der Waals surface area contributed by atoms with Gasteiger partial charge in [-0.15, -0.1) is 0 Å². The summed E-state index contributed by atoms with van der Waals surface area (Å²) in [5.74, 6) is 3.83. The van der Waals surface area contributed by atoms with Gasteiger partial charge in [-0.1, -0.05) is 25.8 Å². The number of ketones is 1. The third-order valence-electron chi connectivity index (χ3n) is 9.52. The summed E-state index contributed by atoms with van der Waals surface area (Å²) in [6.07, 6.45) is 10.3. The lowest BCUT2D eigenvalue weighted by molar-refractivity contribution is -0.128. The van der Waals surface area contributed by atoms with Crippen LogP contribution in [-0.4, -0.2) is 27.8 Å². The van der Waals surface area contributed by atoms with Gasteiger partial charge >= 0.3 is 6.16 Å². The molecule has 4 fully saturated rings. The quantitative estimate of drug-likeness (QED) is 0.536. The van der Waals surface area contributed by atoms with Crippen molar-refractivity contribution in [3.05, 3.63) is 24.0 Å². The van der Waals surface area contributed by atoms with E-state index in [-0.39, 0.29) is 11.3 Å². The molecule has 2 N–H and O–H groups in total. The average molecular weight is 401 g/mol. The summed E-state index contributed by atoms with van der Waals surface area (Å²) in [5.41, 5.74) is 0.173. The Morgan fingerprint density at radius 1 is 1.34 bits per heavy atom. The number of carboxylic acid groups (broad SMARTS) is 1. The van der Waals surface area contributed by atoms with Crippen molar-refractivity contribution in [2.75, 3.05) is 0 Å². The molecule has 5 rings (SSSR count). The van der Waals surface area contributed by atoms with E-state index in [9.17, 15) is 14.7 Å². The average Bonchev–Trinajstić information content (AvgIpc) is 3.43. The lowest BCUT2D eigenvalue weighted by Crippen LogP contribution is -2.56. The molecular formula is C24H32O5. The highest BCUT2D eigenvalue weighted by molar-refractivity contribution is 5.91. The molecule has 4 saturated carbocycles. The van der Waals surface area contributed by atoms with Gasteiger partial charge in [-0.3, -0.25) is 4.79 Å². The summed E-state index contributed by atoms with van der Waals surface area (Å²) < 4.78 is 4.63. The molecule has 0 aliphatic heterocycles. The number of allylic oxidation sites excluding steroid dienone is 1. The van der Waals surface area contributed by atoms with Crippen molar-refractivity contribution < 1.29 is 24.5 Å². The number of rotatable bonds is 3. The highest BCUT2D eigenvalue weighted by Gasteiger charge is 2.75. The SMILES string of the molecule is CC[C@H]1CC2=CC(=O)CC[C@@H]2[C@H]2CC[C@@]3(C)[C@@H]([C@H]4C[C@H]4[C@@]3(O)/C=C\OC(=O)O)[C@H]12. The fraction of sp³-hybridized carbons (Fsp3) is 0.750. The molecule has 5 aliphatic rings. The summed E-state index contributed by atoms with van der Waals surface area (Å²) in [7, 11) is 0. The van der Waals surface area contributed by atoms with Gasteiger partial charge in [-0.2, -0.15) is 0 Å². The van der Waals surface area contributed by atoms with Crippen LogP contribution >= 0.6 is 0 Å². The van der Waals surface area contributed by atoms with E-state index in [1.54, 1.807) is 6.08 Å². The predicted octanol–water partition coefficient (Wildman–Crippen LogP) is 4.56. The smallest absolute Gasteiger partial charge is 0.449 e. The summed E-state index contributed by atoms with van der Waals surface area (Å²) in [5, 5.41) is 20.6. The minimum absolute atomic E-state index is 0.215. The van der Waals surface area contributed by atoms with Gasteiger partial charge in [-0.25, -0.2) is 4.79 Å². The Kier molecular flexibility index (Phi) is 4.29. The molecule has 0 saturated heterocycles. The van der Waals surface area contributed by atoms with Crippen LogP contribution in [0.5, 0.6) is 0 Å². The first-order valence-electron chi connectivity index (χ1n) is 11.3. The van der Waals surface area contributed by atoms with E-state index >= 15 is 0 Å². The molecule has 0 radical (unpaired) electrons. The molecule has 0 unspecified atom stereocenters. The Balaban J connectivity index is 1.50. The summed E-state index contributed by atoms with van der Waals surface area (Å²) >= 11 is 0. The van der Waals surface area contributed by atoms with Gasteiger partial charge in [0, 0.05) is 11.8 Å². The number of hydrogen-bond acceptors (Lipinski definition) is 4. The third kappa shape index (κ3) is 2.62. The van der Waals surface area contributed by atoms with Crippen LogP contribution in [-0.2, 0) is 9.53 Å². The van der Waals surface area contributed by atoms with Gasteiger partial charge in [0.05, 0.1) is 11.9 Å². The van der Waals surface area contributed by atoms with E-state index in [1.165, 1.54) is 11.8 Å². The van der Waals surface area contributed by atoms with E-state index in [2.05, 4.69) is 18.6 Å². The number of hydrogen-bond donors (Lipinski definition) is 2. The van der Waals surface area contributed by atoms with Crippen LogP contribution in [0, 0.1) is 46.8 Å². The third-order valence-corrected chi connectivity index (χ3v) is 9.52. The predicted molar refractivity (Wildman–Crippen MR) is 107 cm³/mol. The molecule has 5 heteroatoms. The fourth-order valence-corrected chi connectivity index (χ4v) is 8.33. The molecule has 0 aromatic heterocycles. The normalized spacial score (nSPS) is 50.2. The second-order valence-corrected chi connectivity index (χ2v) is 10.4. The number of ether oxygens (including phenoxy) is 1. The molecule has 9 atom stereocenters. The number of carbonyl (C=O) groups is 2. The molecule has 0 aromatic carbocycles. The van der Waals surface area contributed by atoms with Crippen LogP contribution in [0.3, 0.4) is 0 Å². The fourth-order valence-electron chi connectivity index (χ4n) is 8.33. The van der Waals surface area contributed by atoms with Crippen LogP contribution in [0.15, 0.2) is 24.0 Å². The van der Waals surface area contributed by atoms with Gasteiger partial charge in [0.2, 0.25) is 0 Å². The van der Waals surface area contributed by atoms with E-state index in [4.69, 9.17) is 5.11 Å². The molecule has 5 nitrogen and oxygen atoms in total. The Morgan fingerprint density at radius 2 is 2.14 bits per heavy atom. The Hall–Kier alpha value is -1.62. The highest BCUT2D eigenvalue weighted by Crippen LogP contribution is 2.76. The van der Waals surface area contributed by atoms with Crippen molar-refractivity contribution in [1.82, 2.24) is 0 Å². The van der Waals surface area contributed by atoms with Gasteiger partial charge in [0.1, 0.15) is 0 Å². The number of aliphatic hydroxyl groups is 1. The van der Waals surface area contributed by atoms with Crippen LogP contribution in [0.2, 0.25) is 0 Å². The summed E-state index contributed by atoms with van der Waals surface area (Å²) in [4.78, 5) is 22.8. The molecule has 29 heavy (non-hydrogen) atoms. The molecule has 158 valence electrons. The Bertz CT molecular complexity index is 799. The van der Waals surface area contributed by atoms with Crippen molar-refractivity contribution in [3.8, 4) is 0 Å². The van der Waals surface area contributed by atoms with E-state index in [0.29, 0.717) is 47.7 Å². The second-order valence-electron chi connectivity index (χ2n) is 10.4. The first kappa shape index (κ1) is 19.3. The van der Waals surface area contributed by atoms with Gasteiger partial charge < -0.3 is 14.9 Å². The molecule has 0 spiro atoms. The lowest BCUT2D eigenvalue weighted by atomic mass is 9.46. The molecule has 0 bridgehead atoms. The zero-order chi connectivity index (χ0) is 20.6. The summed E-state index contributed by atoms with van der Waals surface area (Å²) in [6.45, 7) is 4.50. The van der Waals surface area contributed by atoms with Crippen LogP contribution in [0.25, 0.3) is 0 Å². The van der Waals surface area contributed by atoms with Gasteiger partial charge in [-0.05, 0) is 85.7 Å².